The fraction of sp³-hybridized carbons (Fsp3) is 0.300. The molecule has 0 saturated heterocycles. The average Bonchev–Trinajstić information content (AvgIpc) is 3.16. The lowest BCUT2D eigenvalue weighted by Crippen LogP contribution is -2.07. The Morgan fingerprint density at radius 1 is 1.04 bits per heavy atom. The van der Waals surface area contributed by atoms with E-state index in [9.17, 15) is 0 Å². The van der Waals surface area contributed by atoms with Gasteiger partial charge in [-0.05, 0) is 66.6 Å². The molecule has 7 heteroatoms. The number of aryl methyl sites for hydroxylation is 2. The second kappa shape index (κ2) is 8.93. The molecule has 0 unspecified atom stereocenters. The number of oxime groups is 1. The standard InChI is InChI=1S/C20H23N5O2/c1-4-25-20(21-23-24-25)14-26-19-11-9-18(10-12-19)16(3)22-27-13-17-7-5-15(2)6-8-17/h5-12H,4,13-14H2,1-3H3/b22-16+. The largest absolute Gasteiger partial charge is 0.486 e. The van der Waals surface area contributed by atoms with Gasteiger partial charge in [-0.15, -0.1) is 5.10 Å². The van der Waals surface area contributed by atoms with E-state index < -0.39 is 0 Å². The van der Waals surface area contributed by atoms with Gasteiger partial charge in [0.05, 0.1) is 5.71 Å². The van der Waals surface area contributed by atoms with Crippen molar-refractivity contribution in [2.24, 2.45) is 5.16 Å². The predicted octanol–water partition coefficient (Wildman–Crippen LogP) is 3.52. The molecule has 0 bridgehead atoms. The van der Waals surface area contributed by atoms with Gasteiger partial charge in [-0.1, -0.05) is 35.0 Å². The summed E-state index contributed by atoms with van der Waals surface area (Å²) >= 11 is 0. The van der Waals surface area contributed by atoms with Gasteiger partial charge in [0.15, 0.2) is 5.82 Å². The minimum absolute atomic E-state index is 0.326. The molecule has 0 aliphatic carbocycles. The highest BCUT2D eigenvalue weighted by atomic mass is 16.6. The molecule has 1 aromatic heterocycles. The van der Waals surface area contributed by atoms with Crippen LogP contribution in [0.2, 0.25) is 0 Å². The SMILES string of the molecule is CCn1nnnc1COc1ccc(/C(C)=N/OCc2ccc(C)cc2)cc1. The fourth-order valence-corrected chi connectivity index (χ4v) is 2.45. The van der Waals surface area contributed by atoms with Crippen LogP contribution in [0.5, 0.6) is 5.75 Å². The second-order valence-electron chi connectivity index (χ2n) is 6.16. The summed E-state index contributed by atoms with van der Waals surface area (Å²) < 4.78 is 7.45. The lowest BCUT2D eigenvalue weighted by molar-refractivity contribution is 0.130. The van der Waals surface area contributed by atoms with Crippen LogP contribution in [0.15, 0.2) is 53.7 Å². The zero-order valence-corrected chi connectivity index (χ0v) is 15.8. The van der Waals surface area contributed by atoms with Gasteiger partial charge < -0.3 is 9.57 Å². The monoisotopic (exact) mass is 365 g/mol. The normalized spacial score (nSPS) is 11.4. The number of ether oxygens (including phenoxy) is 1. The minimum Gasteiger partial charge on any atom is -0.486 e. The maximum Gasteiger partial charge on any atom is 0.189 e. The van der Waals surface area contributed by atoms with Crippen molar-refractivity contribution in [2.75, 3.05) is 0 Å². The van der Waals surface area contributed by atoms with Crippen LogP contribution in [0.3, 0.4) is 0 Å². The maximum atomic E-state index is 5.74. The van der Waals surface area contributed by atoms with Crippen LogP contribution in [0.1, 0.15) is 36.4 Å². The van der Waals surface area contributed by atoms with Crippen LogP contribution < -0.4 is 4.74 Å². The first kappa shape index (κ1) is 18.6. The fourth-order valence-electron chi connectivity index (χ4n) is 2.45. The Morgan fingerprint density at radius 2 is 1.78 bits per heavy atom. The van der Waals surface area contributed by atoms with E-state index in [2.05, 4.69) is 39.7 Å². The van der Waals surface area contributed by atoms with Crippen molar-refractivity contribution in [3.05, 3.63) is 71.0 Å². The summed E-state index contributed by atoms with van der Waals surface area (Å²) in [5.41, 5.74) is 4.11. The smallest absolute Gasteiger partial charge is 0.189 e. The molecule has 3 aromatic rings. The van der Waals surface area contributed by atoms with E-state index in [1.165, 1.54) is 5.56 Å². The van der Waals surface area contributed by atoms with Crippen LogP contribution in [-0.2, 0) is 24.6 Å². The third-order valence-corrected chi connectivity index (χ3v) is 4.10. The van der Waals surface area contributed by atoms with Crippen LogP contribution in [0.25, 0.3) is 0 Å². The molecule has 2 aromatic carbocycles. The molecule has 140 valence electrons. The molecule has 3 rings (SSSR count). The number of hydrogen-bond acceptors (Lipinski definition) is 6. The predicted molar refractivity (Wildman–Crippen MR) is 102 cm³/mol. The zero-order chi connectivity index (χ0) is 19.1. The van der Waals surface area contributed by atoms with Gasteiger partial charge in [0.1, 0.15) is 19.0 Å². The van der Waals surface area contributed by atoms with Gasteiger partial charge in [-0.25, -0.2) is 4.68 Å². The Kier molecular flexibility index (Phi) is 6.14. The number of aromatic nitrogens is 4. The van der Waals surface area contributed by atoms with Crippen molar-refractivity contribution >= 4 is 5.71 Å². The van der Waals surface area contributed by atoms with E-state index in [4.69, 9.17) is 9.57 Å². The highest BCUT2D eigenvalue weighted by Crippen LogP contribution is 2.14. The summed E-state index contributed by atoms with van der Waals surface area (Å²) in [6.07, 6.45) is 0. The molecule has 0 radical (unpaired) electrons. The Bertz CT molecular complexity index is 885. The quantitative estimate of drug-likeness (QED) is 0.451. The topological polar surface area (TPSA) is 74.4 Å². The van der Waals surface area contributed by atoms with Crippen LogP contribution in [0.4, 0.5) is 0 Å². The van der Waals surface area contributed by atoms with E-state index in [-0.39, 0.29) is 0 Å². The van der Waals surface area contributed by atoms with Crippen LogP contribution in [-0.4, -0.2) is 25.9 Å². The Labute approximate surface area is 158 Å². The minimum atomic E-state index is 0.326. The number of rotatable bonds is 8. The second-order valence-corrected chi connectivity index (χ2v) is 6.16. The maximum absolute atomic E-state index is 5.74. The van der Waals surface area contributed by atoms with Crippen molar-refractivity contribution in [1.82, 2.24) is 20.2 Å². The zero-order valence-electron chi connectivity index (χ0n) is 15.8. The van der Waals surface area contributed by atoms with Gasteiger partial charge in [-0.3, -0.25) is 0 Å². The van der Waals surface area contributed by atoms with Crippen molar-refractivity contribution in [1.29, 1.82) is 0 Å². The van der Waals surface area contributed by atoms with Crippen molar-refractivity contribution in [2.45, 2.75) is 40.5 Å². The van der Waals surface area contributed by atoms with Crippen LogP contribution >= 0.6 is 0 Å². The molecule has 0 spiro atoms. The van der Waals surface area contributed by atoms with E-state index in [0.717, 1.165) is 22.6 Å². The summed E-state index contributed by atoms with van der Waals surface area (Å²) in [6, 6.07) is 15.9. The first-order valence-corrected chi connectivity index (χ1v) is 8.86. The molecule has 0 saturated carbocycles. The molecule has 0 amide bonds. The molecule has 0 atom stereocenters. The molecule has 1 heterocycles. The van der Waals surface area contributed by atoms with Crippen molar-refractivity contribution in [3.63, 3.8) is 0 Å². The summed E-state index contributed by atoms with van der Waals surface area (Å²) in [5.74, 6) is 1.45. The Hall–Kier alpha value is -3.22. The number of benzene rings is 2. The Balaban J connectivity index is 1.53. The van der Waals surface area contributed by atoms with E-state index in [1.54, 1.807) is 4.68 Å². The molecule has 0 aliphatic rings. The van der Waals surface area contributed by atoms with Crippen molar-refractivity contribution < 1.29 is 9.57 Å². The number of nitrogens with zero attached hydrogens (tertiary/aromatic N) is 5. The summed E-state index contributed by atoms with van der Waals surface area (Å²) in [4.78, 5) is 5.46. The average molecular weight is 365 g/mol. The van der Waals surface area contributed by atoms with Crippen molar-refractivity contribution in [3.8, 4) is 5.75 Å². The van der Waals surface area contributed by atoms with Gasteiger partial charge in [0, 0.05) is 6.54 Å². The van der Waals surface area contributed by atoms with Gasteiger partial charge in [0.25, 0.3) is 0 Å². The van der Waals surface area contributed by atoms with Gasteiger partial charge in [-0.2, -0.15) is 0 Å². The molecular formula is C20H23N5O2. The summed E-state index contributed by atoms with van der Waals surface area (Å²) in [5, 5.41) is 15.7. The van der Waals surface area contributed by atoms with E-state index in [0.29, 0.717) is 25.6 Å². The molecule has 0 fully saturated rings. The molecule has 27 heavy (non-hydrogen) atoms. The van der Waals surface area contributed by atoms with E-state index >= 15 is 0 Å². The summed E-state index contributed by atoms with van der Waals surface area (Å²) in [6.45, 7) is 7.45. The third kappa shape index (κ3) is 5.13. The Morgan fingerprint density at radius 3 is 2.48 bits per heavy atom. The number of tetrazole rings is 1. The number of hydrogen-bond donors (Lipinski definition) is 0. The third-order valence-electron chi connectivity index (χ3n) is 4.10. The summed E-state index contributed by atoms with van der Waals surface area (Å²) in [7, 11) is 0. The molecule has 7 nitrogen and oxygen atoms in total. The van der Waals surface area contributed by atoms with E-state index in [1.807, 2.05) is 50.2 Å². The highest BCUT2D eigenvalue weighted by Gasteiger charge is 2.06. The first-order valence-electron chi connectivity index (χ1n) is 8.86. The highest BCUT2D eigenvalue weighted by molar-refractivity contribution is 5.98. The van der Waals surface area contributed by atoms with Gasteiger partial charge in [0.2, 0.25) is 0 Å². The lowest BCUT2D eigenvalue weighted by Gasteiger charge is -2.07. The molecular weight excluding hydrogens is 342 g/mol. The first-order chi connectivity index (χ1) is 13.2. The van der Waals surface area contributed by atoms with Gasteiger partial charge >= 0.3 is 0 Å². The van der Waals surface area contributed by atoms with Crippen LogP contribution in [0, 0.1) is 6.92 Å². The molecule has 0 N–H and O–H groups in total. The lowest BCUT2D eigenvalue weighted by atomic mass is 10.1. The molecule has 0 aliphatic heterocycles.